The minimum atomic E-state index is -0.691. The van der Waals surface area contributed by atoms with Crippen molar-refractivity contribution < 1.29 is 5.11 Å². The number of hydrogen-bond donors (Lipinski definition) is 3. The van der Waals surface area contributed by atoms with Gasteiger partial charge in [0.25, 0.3) is 0 Å². The number of nitrogens with one attached hydrogen (secondary N) is 1. The summed E-state index contributed by atoms with van der Waals surface area (Å²) in [7, 11) is 0. The van der Waals surface area contributed by atoms with E-state index in [0.717, 1.165) is 16.3 Å². The average molecular weight is 286 g/mol. The standard InChI is InChI=1S/C14H14N4OS/c15-14-10(7-16-18-14)12(19)6-13-17-11(8-20-13)9-4-2-1-3-5-9/h1-5,7-8,12,19H,6H2,(H3,15,16,18). The van der Waals surface area contributed by atoms with Crippen molar-refractivity contribution in [1.82, 2.24) is 15.2 Å². The number of nitrogens with two attached hydrogens (primary N) is 1. The highest BCUT2D eigenvalue weighted by molar-refractivity contribution is 7.09. The number of hydrogen-bond acceptors (Lipinski definition) is 5. The first-order valence-electron chi connectivity index (χ1n) is 6.20. The summed E-state index contributed by atoms with van der Waals surface area (Å²) in [6.07, 6.45) is 1.29. The summed E-state index contributed by atoms with van der Waals surface area (Å²) in [5, 5.41) is 19.4. The van der Waals surface area contributed by atoms with Crippen LogP contribution in [0.1, 0.15) is 16.7 Å². The van der Waals surface area contributed by atoms with Crippen molar-refractivity contribution in [3.05, 3.63) is 52.5 Å². The van der Waals surface area contributed by atoms with Gasteiger partial charge in [0.05, 0.1) is 23.0 Å². The summed E-state index contributed by atoms with van der Waals surface area (Å²) >= 11 is 1.53. The van der Waals surface area contributed by atoms with Gasteiger partial charge in [0, 0.05) is 22.9 Å². The van der Waals surface area contributed by atoms with Crippen LogP contribution in [0.5, 0.6) is 0 Å². The largest absolute Gasteiger partial charge is 0.388 e. The van der Waals surface area contributed by atoms with Gasteiger partial charge in [0.1, 0.15) is 5.82 Å². The predicted molar refractivity (Wildman–Crippen MR) is 79.2 cm³/mol. The zero-order chi connectivity index (χ0) is 13.9. The van der Waals surface area contributed by atoms with E-state index in [1.54, 1.807) is 6.20 Å². The number of anilines is 1. The number of aromatic nitrogens is 3. The minimum Gasteiger partial charge on any atom is -0.388 e. The molecule has 0 bridgehead atoms. The molecule has 0 saturated carbocycles. The van der Waals surface area contributed by atoms with E-state index in [1.807, 2.05) is 35.7 Å². The Morgan fingerprint density at radius 1 is 1.30 bits per heavy atom. The van der Waals surface area contributed by atoms with Gasteiger partial charge in [-0.3, -0.25) is 5.10 Å². The molecular weight excluding hydrogens is 272 g/mol. The summed E-state index contributed by atoms with van der Waals surface area (Å²) < 4.78 is 0. The average Bonchev–Trinajstić information content (AvgIpc) is 3.09. The summed E-state index contributed by atoms with van der Waals surface area (Å²) in [6, 6.07) is 9.97. The molecule has 1 unspecified atom stereocenters. The monoisotopic (exact) mass is 286 g/mol. The SMILES string of the molecule is Nc1[nH]ncc1C(O)Cc1nc(-c2ccccc2)cs1. The van der Waals surface area contributed by atoms with E-state index in [-0.39, 0.29) is 0 Å². The van der Waals surface area contributed by atoms with Gasteiger partial charge in [-0.05, 0) is 0 Å². The van der Waals surface area contributed by atoms with Crippen LogP contribution in [0.4, 0.5) is 5.82 Å². The summed E-state index contributed by atoms with van der Waals surface area (Å²) in [4.78, 5) is 4.55. The highest BCUT2D eigenvalue weighted by Crippen LogP contribution is 2.26. The van der Waals surface area contributed by atoms with Crippen molar-refractivity contribution in [2.75, 3.05) is 5.73 Å². The van der Waals surface area contributed by atoms with Crippen LogP contribution >= 0.6 is 11.3 Å². The Hall–Kier alpha value is -2.18. The van der Waals surface area contributed by atoms with Gasteiger partial charge in [0.2, 0.25) is 0 Å². The van der Waals surface area contributed by atoms with E-state index >= 15 is 0 Å². The first-order chi connectivity index (χ1) is 9.74. The third kappa shape index (κ3) is 2.56. The molecule has 5 nitrogen and oxygen atoms in total. The summed E-state index contributed by atoms with van der Waals surface area (Å²) in [6.45, 7) is 0. The second-order valence-electron chi connectivity index (χ2n) is 4.45. The van der Waals surface area contributed by atoms with E-state index in [4.69, 9.17) is 5.73 Å². The molecule has 0 saturated heterocycles. The molecule has 0 spiro atoms. The number of rotatable bonds is 4. The first kappa shape index (κ1) is 12.8. The van der Waals surface area contributed by atoms with E-state index < -0.39 is 6.10 Å². The fraction of sp³-hybridized carbons (Fsp3) is 0.143. The molecular formula is C14H14N4OS. The van der Waals surface area contributed by atoms with Crippen LogP contribution in [0.25, 0.3) is 11.3 Å². The first-order valence-corrected chi connectivity index (χ1v) is 7.08. The Morgan fingerprint density at radius 2 is 2.10 bits per heavy atom. The minimum absolute atomic E-state index is 0.400. The number of thiazole rings is 1. The van der Waals surface area contributed by atoms with Crippen molar-refractivity contribution in [3.63, 3.8) is 0 Å². The van der Waals surface area contributed by atoms with Gasteiger partial charge in [-0.1, -0.05) is 30.3 Å². The number of benzene rings is 1. The van der Waals surface area contributed by atoms with E-state index in [9.17, 15) is 5.11 Å². The Morgan fingerprint density at radius 3 is 2.80 bits per heavy atom. The van der Waals surface area contributed by atoms with Gasteiger partial charge < -0.3 is 10.8 Å². The number of aliphatic hydroxyl groups excluding tert-OH is 1. The third-order valence-electron chi connectivity index (χ3n) is 3.05. The molecule has 4 N–H and O–H groups in total. The molecule has 0 fully saturated rings. The van der Waals surface area contributed by atoms with E-state index in [0.29, 0.717) is 17.8 Å². The second-order valence-corrected chi connectivity index (χ2v) is 5.39. The lowest BCUT2D eigenvalue weighted by atomic mass is 10.1. The second kappa shape index (κ2) is 5.44. The highest BCUT2D eigenvalue weighted by atomic mass is 32.1. The van der Waals surface area contributed by atoms with Crippen LogP contribution in [0.2, 0.25) is 0 Å². The van der Waals surface area contributed by atoms with Crippen LogP contribution in [-0.4, -0.2) is 20.3 Å². The van der Waals surface area contributed by atoms with Gasteiger partial charge >= 0.3 is 0 Å². The Kier molecular flexibility index (Phi) is 3.49. The molecule has 0 amide bonds. The third-order valence-corrected chi connectivity index (χ3v) is 3.92. The maximum atomic E-state index is 10.2. The number of aromatic amines is 1. The lowest BCUT2D eigenvalue weighted by molar-refractivity contribution is 0.179. The Balaban J connectivity index is 1.76. The fourth-order valence-corrected chi connectivity index (χ4v) is 2.83. The topological polar surface area (TPSA) is 87.8 Å². The molecule has 0 radical (unpaired) electrons. The fourth-order valence-electron chi connectivity index (χ4n) is 1.99. The number of nitrogens with zero attached hydrogens (tertiary/aromatic N) is 2. The normalized spacial score (nSPS) is 12.4. The lowest BCUT2D eigenvalue weighted by Crippen LogP contribution is -2.03. The molecule has 6 heteroatoms. The molecule has 0 aliphatic carbocycles. The predicted octanol–water partition coefficient (Wildman–Crippen LogP) is 2.39. The molecule has 20 heavy (non-hydrogen) atoms. The van der Waals surface area contributed by atoms with Gasteiger partial charge in [-0.25, -0.2) is 4.98 Å². The number of H-pyrrole nitrogens is 1. The Labute approximate surface area is 120 Å². The van der Waals surface area contributed by atoms with Gasteiger partial charge in [0.15, 0.2) is 0 Å². The molecule has 102 valence electrons. The van der Waals surface area contributed by atoms with Crippen LogP contribution in [0.3, 0.4) is 0 Å². The van der Waals surface area contributed by atoms with Crippen molar-refractivity contribution in [2.45, 2.75) is 12.5 Å². The maximum absolute atomic E-state index is 10.2. The molecule has 0 aliphatic heterocycles. The van der Waals surface area contributed by atoms with Gasteiger partial charge in [-0.2, -0.15) is 5.10 Å². The summed E-state index contributed by atoms with van der Waals surface area (Å²) in [5.74, 6) is 0.400. The zero-order valence-electron chi connectivity index (χ0n) is 10.7. The van der Waals surface area contributed by atoms with Crippen molar-refractivity contribution >= 4 is 17.2 Å². The molecule has 2 heterocycles. The van der Waals surface area contributed by atoms with Crippen molar-refractivity contribution in [2.24, 2.45) is 0 Å². The molecule has 0 aliphatic rings. The Bertz CT molecular complexity index is 692. The maximum Gasteiger partial charge on any atom is 0.124 e. The van der Waals surface area contributed by atoms with Crippen molar-refractivity contribution in [3.8, 4) is 11.3 Å². The smallest absolute Gasteiger partial charge is 0.124 e. The summed E-state index contributed by atoms with van der Waals surface area (Å²) in [5.41, 5.74) is 8.31. The molecule has 3 rings (SSSR count). The zero-order valence-corrected chi connectivity index (χ0v) is 11.5. The van der Waals surface area contributed by atoms with Gasteiger partial charge in [-0.15, -0.1) is 11.3 Å². The molecule has 3 aromatic rings. The van der Waals surface area contributed by atoms with Crippen LogP contribution in [0.15, 0.2) is 41.9 Å². The van der Waals surface area contributed by atoms with Crippen LogP contribution < -0.4 is 5.73 Å². The van der Waals surface area contributed by atoms with E-state index in [1.165, 1.54) is 11.3 Å². The number of aliphatic hydroxyl groups is 1. The lowest BCUT2D eigenvalue weighted by Gasteiger charge is -2.06. The van der Waals surface area contributed by atoms with Crippen LogP contribution in [-0.2, 0) is 6.42 Å². The molecule has 1 atom stereocenters. The van der Waals surface area contributed by atoms with E-state index in [2.05, 4.69) is 15.2 Å². The van der Waals surface area contributed by atoms with Crippen molar-refractivity contribution in [1.29, 1.82) is 0 Å². The molecule has 1 aromatic carbocycles. The molecule has 2 aromatic heterocycles. The highest BCUT2D eigenvalue weighted by Gasteiger charge is 2.15. The number of nitrogen functional groups attached to an aromatic ring is 1. The van der Waals surface area contributed by atoms with Crippen LogP contribution in [0, 0.1) is 0 Å². The quantitative estimate of drug-likeness (QED) is 0.687.